The summed E-state index contributed by atoms with van der Waals surface area (Å²) in [6, 6.07) is 7.67. The molecule has 1 atom stereocenters. The molecule has 0 aliphatic rings. The van der Waals surface area contributed by atoms with Gasteiger partial charge < -0.3 is 10.5 Å². The van der Waals surface area contributed by atoms with E-state index in [1.807, 2.05) is 0 Å². The van der Waals surface area contributed by atoms with Gasteiger partial charge in [-0.15, -0.1) is 0 Å². The number of nitrogens with one attached hydrogen (secondary N) is 1. The zero-order valence-electron chi connectivity index (χ0n) is 7.57. The molecule has 1 unspecified atom stereocenters. The monoisotopic (exact) mass is 222 g/mol. The van der Waals surface area contributed by atoms with Crippen LogP contribution in [0.2, 0.25) is 5.02 Å². The van der Waals surface area contributed by atoms with Crippen LogP contribution < -0.4 is 0 Å². The van der Waals surface area contributed by atoms with Gasteiger partial charge in [-0.3, -0.25) is 4.79 Å². The van der Waals surface area contributed by atoms with E-state index in [1.165, 1.54) is 12.1 Å². The molecule has 0 aliphatic carbocycles. The van der Waals surface area contributed by atoms with Gasteiger partial charge in [0, 0.05) is 5.02 Å². The van der Waals surface area contributed by atoms with Gasteiger partial charge in [0.05, 0.1) is 11.8 Å². The molecule has 0 aromatic heterocycles. The highest BCUT2D eigenvalue weighted by atomic mass is 35.5. The molecular weight excluding hydrogens is 216 g/mol. The fraction of sp³-hybridized carbons (Fsp3) is 0.100. The molecule has 1 aromatic carbocycles. The van der Waals surface area contributed by atoms with Crippen LogP contribution in [0.25, 0.3) is 0 Å². The van der Waals surface area contributed by atoms with E-state index in [4.69, 9.17) is 27.4 Å². The van der Waals surface area contributed by atoms with Crippen molar-refractivity contribution in [3.63, 3.8) is 0 Å². The summed E-state index contributed by atoms with van der Waals surface area (Å²) in [5, 5.41) is 25.3. The fourth-order valence-electron chi connectivity index (χ4n) is 1.04. The van der Waals surface area contributed by atoms with E-state index in [0.29, 0.717) is 10.6 Å². The van der Waals surface area contributed by atoms with E-state index in [0.717, 1.165) is 0 Å². The van der Waals surface area contributed by atoms with Crippen molar-refractivity contribution in [3.8, 4) is 6.07 Å². The number of nitrogens with zero attached hydrogens (tertiary/aromatic N) is 1. The highest BCUT2D eigenvalue weighted by molar-refractivity contribution is 6.30. The zero-order valence-corrected chi connectivity index (χ0v) is 8.32. The van der Waals surface area contributed by atoms with Gasteiger partial charge in [0.1, 0.15) is 0 Å². The van der Waals surface area contributed by atoms with Gasteiger partial charge >= 0.3 is 5.97 Å². The Bertz CT molecular complexity index is 434. The van der Waals surface area contributed by atoms with Crippen LogP contribution in [0.1, 0.15) is 5.56 Å². The van der Waals surface area contributed by atoms with Crippen LogP contribution in [0, 0.1) is 22.7 Å². The number of benzene rings is 1. The van der Waals surface area contributed by atoms with E-state index in [2.05, 4.69) is 0 Å². The number of aliphatic carboxylic acids is 1. The lowest BCUT2D eigenvalue weighted by molar-refractivity contribution is -0.137. The van der Waals surface area contributed by atoms with Crippen molar-refractivity contribution in [3.05, 3.63) is 34.9 Å². The standard InChI is InChI=1S/C10H7ClN2O2/c11-7-3-1-6(2-4-7)9(13)8(5-12)10(14)15/h1-4,8,13H,(H,14,15). The molecule has 0 radical (unpaired) electrons. The third kappa shape index (κ3) is 2.55. The number of carboxylic acid groups (broad SMARTS) is 1. The van der Waals surface area contributed by atoms with E-state index in [9.17, 15) is 4.79 Å². The largest absolute Gasteiger partial charge is 0.480 e. The van der Waals surface area contributed by atoms with E-state index < -0.39 is 11.9 Å². The van der Waals surface area contributed by atoms with Crippen LogP contribution in [-0.4, -0.2) is 16.8 Å². The smallest absolute Gasteiger partial charge is 0.327 e. The molecule has 0 saturated carbocycles. The third-order valence-electron chi connectivity index (χ3n) is 1.82. The van der Waals surface area contributed by atoms with Crippen LogP contribution in [0.15, 0.2) is 24.3 Å². The lowest BCUT2D eigenvalue weighted by atomic mass is 9.98. The Morgan fingerprint density at radius 3 is 2.40 bits per heavy atom. The van der Waals surface area contributed by atoms with Gasteiger partial charge in [-0.25, -0.2) is 0 Å². The van der Waals surface area contributed by atoms with Crippen molar-refractivity contribution in [2.45, 2.75) is 0 Å². The van der Waals surface area contributed by atoms with Crippen LogP contribution in [0.3, 0.4) is 0 Å². The van der Waals surface area contributed by atoms with Crippen molar-refractivity contribution in [2.24, 2.45) is 5.92 Å². The first kappa shape index (κ1) is 11.2. The van der Waals surface area contributed by atoms with Crippen LogP contribution in [0.4, 0.5) is 0 Å². The van der Waals surface area contributed by atoms with E-state index in [-0.39, 0.29) is 5.71 Å². The molecule has 0 heterocycles. The summed E-state index contributed by atoms with van der Waals surface area (Å²) in [4.78, 5) is 10.6. The molecule has 1 aromatic rings. The quantitative estimate of drug-likeness (QED) is 0.767. The minimum atomic E-state index is -1.44. The number of carbonyl (C=O) groups is 1. The normalized spacial score (nSPS) is 11.5. The van der Waals surface area contributed by atoms with Gasteiger partial charge in [-0.05, 0) is 17.7 Å². The first-order chi connectivity index (χ1) is 7.06. The van der Waals surface area contributed by atoms with Gasteiger partial charge in [-0.1, -0.05) is 23.7 Å². The number of halogens is 1. The summed E-state index contributed by atoms with van der Waals surface area (Å²) < 4.78 is 0. The highest BCUT2D eigenvalue weighted by Crippen LogP contribution is 2.13. The Labute approximate surface area is 91.2 Å². The maximum atomic E-state index is 10.6. The molecule has 0 saturated heterocycles. The Balaban J connectivity index is 2.99. The zero-order chi connectivity index (χ0) is 11.4. The Morgan fingerprint density at radius 1 is 1.47 bits per heavy atom. The molecule has 0 amide bonds. The number of nitriles is 1. The summed E-state index contributed by atoms with van der Waals surface area (Å²) in [6.45, 7) is 0. The first-order valence-electron chi connectivity index (χ1n) is 4.03. The van der Waals surface area contributed by atoms with E-state index in [1.54, 1.807) is 18.2 Å². The van der Waals surface area contributed by atoms with Crippen LogP contribution in [-0.2, 0) is 4.79 Å². The lowest BCUT2D eigenvalue weighted by Gasteiger charge is -2.06. The molecular formula is C10H7ClN2O2. The predicted molar refractivity (Wildman–Crippen MR) is 55.0 cm³/mol. The summed E-state index contributed by atoms with van der Waals surface area (Å²) in [6.07, 6.45) is 0. The van der Waals surface area contributed by atoms with E-state index >= 15 is 0 Å². The first-order valence-corrected chi connectivity index (χ1v) is 4.41. The molecule has 5 heteroatoms. The predicted octanol–water partition coefficient (Wildman–Crippen LogP) is 1.93. The minimum Gasteiger partial charge on any atom is -0.480 e. The second-order valence-corrected chi connectivity index (χ2v) is 3.26. The topological polar surface area (TPSA) is 84.9 Å². The van der Waals surface area contributed by atoms with Gasteiger partial charge in [0.15, 0.2) is 5.92 Å². The molecule has 15 heavy (non-hydrogen) atoms. The van der Waals surface area contributed by atoms with Gasteiger partial charge in [-0.2, -0.15) is 5.26 Å². The Morgan fingerprint density at radius 2 is 2.00 bits per heavy atom. The average Bonchev–Trinajstić information content (AvgIpc) is 2.19. The number of hydrogen-bond donors (Lipinski definition) is 2. The molecule has 1 rings (SSSR count). The molecule has 76 valence electrons. The fourth-order valence-corrected chi connectivity index (χ4v) is 1.17. The van der Waals surface area contributed by atoms with Crippen molar-refractivity contribution in [1.29, 1.82) is 10.7 Å². The lowest BCUT2D eigenvalue weighted by Crippen LogP contribution is -2.22. The molecule has 0 aliphatic heterocycles. The number of rotatable bonds is 3. The maximum absolute atomic E-state index is 10.6. The maximum Gasteiger partial charge on any atom is 0.327 e. The molecule has 4 nitrogen and oxygen atoms in total. The van der Waals surface area contributed by atoms with Crippen LogP contribution >= 0.6 is 11.6 Å². The van der Waals surface area contributed by atoms with Gasteiger partial charge in [0.2, 0.25) is 0 Å². The van der Waals surface area contributed by atoms with Crippen molar-refractivity contribution in [2.75, 3.05) is 0 Å². The second-order valence-electron chi connectivity index (χ2n) is 2.82. The summed E-state index contributed by atoms with van der Waals surface area (Å²) in [7, 11) is 0. The van der Waals surface area contributed by atoms with Crippen molar-refractivity contribution in [1.82, 2.24) is 0 Å². The summed E-state index contributed by atoms with van der Waals surface area (Å²) >= 11 is 5.64. The minimum absolute atomic E-state index is 0.235. The summed E-state index contributed by atoms with van der Waals surface area (Å²) in [5.74, 6) is -2.76. The number of hydrogen-bond acceptors (Lipinski definition) is 3. The van der Waals surface area contributed by atoms with Crippen molar-refractivity contribution >= 4 is 23.3 Å². The second kappa shape index (κ2) is 4.58. The van der Waals surface area contributed by atoms with Crippen LogP contribution in [0.5, 0.6) is 0 Å². The molecule has 0 fully saturated rings. The molecule has 2 N–H and O–H groups in total. The van der Waals surface area contributed by atoms with Crippen molar-refractivity contribution < 1.29 is 9.90 Å². The van der Waals surface area contributed by atoms with Gasteiger partial charge in [0.25, 0.3) is 0 Å². The number of carboxylic acids is 1. The third-order valence-corrected chi connectivity index (χ3v) is 2.07. The SMILES string of the molecule is N#CC(C(=N)c1ccc(Cl)cc1)C(=O)O. The Hall–Kier alpha value is -1.86. The molecule has 0 bridgehead atoms. The average molecular weight is 223 g/mol. The highest BCUT2D eigenvalue weighted by Gasteiger charge is 2.23. The Kier molecular flexibility index (Phi) is 3.42. The summed E-state index contributed by atoms with van der Waals surface area (Å²) in [5.41, 5.74) is 0.148. The molecule has 0 spiro atoms.